The summed E-state index contributed by atoms with van der Waals surface area (Å²) in [6.45, 7) is 1.83. The first-order valence-electron chi connectivity index (χ1n) is 8.80. The number of rotatable bonds is 6. The molecule has 2 aromatic rings. The van der Waals surface area contributed by atoms with Gasteiger partial charge in [0, 0.05) is 13.1 Å². The highest BCUT2D eigenvalue weighted by Gasteiger charge is 2.27. The topological polar surface area (TPSA) is 55.8 Å². The molecule has 0 saturated carbocycles. The van der Waals surface area contributed by atoms with Gasteiger partial charge in [0.25, 0.3) is 0 Å². The van der Waals surface area contributed by atoms with E-state index in [9.17, 15) is 9.59 Å². The van der Waals surface area contributed by atoms with Crippen molar-refractivity contribution in [2.45, 2.75) is 19.4 Å². The van der Waals surface area contributed by atoms with Crippen molar-refractivity contribution < 1.29 is 19.1 Å². The van der Waals surface area contributed by atoms with E-state index < -0.39 is 0 Å². The Morgan fingerprint density at radius 2 is 1.85 bits per heavy atom. The standard InChI is InChI=1S/C21H23NO4/c1-25-21(24)17-10-12-22(13-11-17)19-8-5-9-20(18(19)14-23)26-15-16-6-3-2-4-7-16/h2-9,14,17H,10-13,15H2,1H3. The molecular weight excluding hydrogens is 330 g/mol. The second-order valence-corrected chi connectivity index (χ2v) is 6.37. The van der Waals surface area contributed by atoms with Gasteiger partial charge in [0.2, 0.25) is 0 Å². The van der Waals surface area contributed by atoms with Crippen LogP contribution >= 0.6 is 0 Å². The van der Waals surface area contributed by atoms with E-state index in [0.717, 1.165) is 30.4 Å². The number of carbonyl (C=O) groups excluding carboxylic acids is 2. The zero-order valence-corrected chi connectivity index (χ0v) is 14.9. The molecule has 0 aliphatic carbocycles. The van der Waals surface area contributed by atoms with Crippen LogP contribution in [-0.2, 0) is 16.1 Å². The first-order valence-corrected chi connectivity index (χ1v) is 8.80. The third-order valence-electron chi connectivity index (χ3n) is 4.77. The summed E-state index contributed by atoms with van der Waals surface area (Å²) in [5, 5.41) is 0. The molecule has 1 heterocycles. The molecule has 5 nitrogen and oxygen atoms in total. The molecule has 0 spiro atoms. The van der Waals surface area contributed by atoms with Crippen molar-refractivity contribution in [3.05, 3.63) is 59.7 Å². The fourth-order valence-electron chi connectivity index (χ4n) is 3.31. The second kappa shape index (κ2) is 8.52. The summed E-state index contributed by atoms with van der Waals surface area (Å²) in [6, 6.07) is 15.5. The van der Waals surface area contributed by atoms with Crippen LogP contribution in [0.15, 0.2) is 48.5 Å². The number of hydrogen-bond donors (Lipinski definition) is 0. The van der Waals surface area contributed by atoms with Crippen molar-refractivity contribution in [2.24, 2.45) is 5.92 Å². The summed E-state index contributed by atoms with van der Waals surface area (Å²) in [7, 11) is 1.42. The van der Waals surface area contributed by atoms with Crippen LogP contribution in [0.5, 0.6) is 5.75 Å². The fraction of sp³-hybridized carbons (Fsp3) is 0.333. The number of piperidine rings is 1. The van der Waals surface area contributed by atoms with E-state index in [4.69, 9.17) is 9.47 Å². The van der Waals surface area contributed by atoms with Gasteiger partial charge in [-0.15, -0.1) is 0 Å². The maximum absolute atomic E-state index is 11.7. The first-order chi connectivity index (χ1) is 12.7. The van der Waals surface area contributed by atoms with Crippen LogP contribution in [0.3, 0.4) is 0 Å². The van der Waals surface area contributed by atoms with E-state index in [0.29, 0.717) is 31.0 Å². The first kappa shape index (κ1) is 18.0. The zero-order valence-electron chi connectivity index (χ0n) is 14.9. The van der Waals surface area contributed by atoms with Gasteiger partial charge in [0.15, 0.2) is 6.29 Å². The maximum Gasteiger partial charge on any atom is 0.308 e. The predicted octanol–water partition coefficient (Wildman–Crippen LogP) is 3.47. The van der Waals surface area contributed by atoms with E-state index in [1.807, 2.05) is 48.5 Å². The van der Waals surface area contributed by atoms with E-state index in [-0.39, 0.29) is 11.9 Å². The van der Waals surface area contributed by atoms with Gasteiger partial charge in [-0.2, -0.15) is 0 Å². The highest BCUT2D eigenvalue weighted by molar-refractivity contribution is 5.88. The van der Waals surface area contributed by atoms with Gasteiger partial charge in [-0.25, -0.2) is 0 Å². The molecule has 5 heteroatoms. The lowest BCUT2D eigenvalue weighted by molar-refractivity contribution is -0.146. The number of nitrogens with zero attached hydrogens (tertiary/aromatic N) is 1. The third-order valence-corrected chi connectivity index (χ3v) is 4.77. The minimum Gasteiger partial charge on any atom is -0.488 e. The van der Waals surface area contributed by atoms with Crippen LogP contribution in [-0.4, -0.2) is 32.5 Å². The Morgan fingerprint density at radius 3 is 2.50 bits per heavy atom. The molecule has 1 aliphatic rings. The van der Waals surface area contributed by atoms with Crippen LogP contribution < -0.4 is 9.64 Å². The highest BCUT2D eigenvalue weighted by Crippen LogP contribution is 2.31. The Morgan fingerprint density at radius 1 is 1.12 bits per heavy atom. The Hall–Kier alpha value is -2.82. The van der Waals surface area contributed by atoms with E-state index in [2.05, 4.69) is 4.90 Å². The normalized spacial score (nSPS) is 14.7. The molecule has 0 aromatic heterocycles. The van der Waals surface area contributed by atoms with Gasteiger partial charge >= 0.3 is 5.97 Å². The fourth-order valence-corrected chi connectivity index (χ4v) is 3.31. The number of carbonyl (C=O) groups is 2. The van der Waals surface area contributed by atoms with Crippen LogP contribution in [0.4, 0.5) is 5.69 Å². The lowest BCUT2D eigenvalue weighted by Gasteiger charge is -2.33. The maximum atomic E-state index is 11.7. The van der Waals surface area contributed by atoms with Gasteiger partial charge in [-0.1, -0.05) is 36.4 Å². The average molecular weight is 353 g/mol. The summed E-state index contributed by atoms with van der Waals surface area (Å²) in [4.78, 5) is 25.6. The molecule has 0 radical (unpaired) electrons. The molecule has 0 N–H and O–H groups in total. The summed E-state index contributed by atoms with van der Waals surface area (Å²) in [6.07, 6.45) is 2.29. The van der Waals surface area contributed by atoms with Gasteiger partial charge < -0.3 is 14.4 Å². The lowest BCUT2D eigenvalue weighted by Crippen LogP contribution is -2.37. The number of anilines is 1. The van der Waals surface area contributed by atoms with Gasteiger partial charge in [0.1, 0.15) is 12.4 Å². The van der Waals surface area contributed by atoms with Crippen LogP contribution in [0, 0.1) is 5.92 Å². The summed E-state index contributed by atoms with van der Waals surface area (Å²) >= 11 is 0. The summed E-state index contributed by atoms with van der Waals surface area (Å²) < 4.78 is 10.7. The zero-order chi connectivity index (χ0) is 18.4. The molecule has 1 fully saturated rings. The van der Waals surface area contributed by atoms with Crippen molar-refractivity contribution in [3.63, 3.8) is 0 Å². The monoisotopic (exact) mass is 353 g/mol. The number of aldehydes is 1. The van der Waals surface area contributed by atoms with Gasteiger partial charge in [-0.05, 0) is 30.5 Å². The minimum atomic E-state index is -0.153. The average Bonchev–Trinajstić information content (AvgIpc) is 2.72. The molecule has 0 bridgehead atoms. The van der Waals surface area contributed by atoms with Crippen LogP contribution in [0.2, 0.25) is 0 Å². The largest absolute Gasteiger partial charge is 0.488 e. The Balaban J connectivity index is 1.72. The summed E-state index contributed by atoms with van der Waals surface area (Å²) in [5.74, 6) is 0.366. The molecule has 136 valence electrons. The molecule has 2 aromatic carbocycles. The number of ether oxygens (including phenoxy) is 2. The number of benzene rings is 2. The van der Waals surface area contributed by atoms with Crippen LogP contribution in [0.25, 0.3) is 0 Å². The molecule has 0 amide bonds. The van der Waals surface area contributed by atoms with Crippen molar-refractivity contribution in [3.8, 4) is 5.75 Å². The van der Waals surface area contributed by atoms with Crippen LogP contribution in [0.1, 0.15) is 28.8 Å². The molecule has 3 rings (SSSR count). The Labute approximate surface area is 153 Å². The number of methoxy groups -OCH3 is 1. The third kappa shape index (κ3) is 4.04. The van der Waals surface area contributed by atoms with E-state index in [1.54, 1.807) is 0 Å². The molecule has 1 saturated heterocycles. The van der Waals surface area contributed by atoms with Crippen molar-refractivity contribution >= 4 is 17.9 Å². The van der Waals surface area contributed by atoms with Crippen molar-refractivity contribution in [2.75, 3.05) is 25.1 Å². The molecule has 1 aliphatic heterocycles. The second-order valence-electron chi connectivity index (χ2n) is 6.37. The van der Waals surface area contributed by atoms with E-state index in [1.165, 1.54) is 7.11 Å². The SMILES string of the molecule is COC(=O)C1CCN(c2cccc(OCc3ccccc3)c2C=O)CC1. The molecule has 0 unspecified atom stereocenters. The lowest BCUT2D eigenvalue weighted by atomic mass is 9.96. The molecule has 26 heavy (non-hydrogen) atoms. The highest BCUT2D eigenvalue weighted by atomic mass is 16.5. The van der Waals surface area contributed by atoms with Crippen molar-refractivity contribution in [1.29, 1.82) is 0 Å². The Kier molecular flexibility index (Phi) is 5.89. The minimum absolute atomic E-state index is 0.0616. The number of hydrogen-bond acceptors (Lipinski definition) is 5. The van der Waals surface area contributed by atoms with Gasteiger partial charge in [0.05, 0.1) is 24.3 Å². The molecule has 0 atom stereocenters. The van der Waals surface area contributed by atoms with Crippen molar-refractivity contribution in [1.82, 2.24) is 0 Å². The predicted molar refractivity (Wildman–Crippen MR) is 99.6 cm³/mol. The smallest absolute Gasteiger partial charge is 0.308 e. The summed E-state index contributed by atoms with van der Waals surface area (Å²) in [5.41, 5.74) is 2.46. The Bertz CT molecular complexity index is 752. The quantitative estimate of drug-likeness (QED) is 0.588. The van der Waals surface area contributed by atoms with Gasteiger partial charge in [-0.3, -0.25) is 9.59 Å². The number of esters is 1. The van der Waals surface area contributed by atoms with E-state index >= 15 is 0 Å². The molecular formula is C21H23NO4.